The van der Waals surface area contributed by atoms with Crippen LogP contribution in [0.15, 0.2) is 0 Å². The fraction of sp³-hybridized carbons (Fsp3) is 0.667. The number of aliphatic hydroxyl groups excluding tert-OH is 1. The van der Waals surface area contributed by atoms with E-state index in [9.17, 15) is 9.59 Å². The number of piperidine rings is 1. The van der Waals surface area contributed by atoms with E-state index in [1.54, 1.807) is 30.5 Å². The molecule has 116 valence electrons. The summed E-state index contributed by atoms with van der Waals surface area (Å²) in [5.41, 5.74) is 1.71. The third-order valence-electron chi connectivity index (χ3n) is 4.28. The highest BCUT2D eigenvalue weighted by Gasteiger charge is 2.33. The number of aryl methyl sites for hydroxylation is 2. The number of likely N-dealkylation sites (tertiary alicyclic amines) is 1. The van der Waals surface area contributed by atoms with Crippen LogP contribution in [0.2, 0.25) is 0 Å². The minimum absolute atomic E-state index is 0.0301. The molecule has 0 aliphatic carbocycles. The van der Waals surface area contributed by atoms with Gasteiger partial charge in [0.1, 0.15) is 0 Å². The Labute approximate surface area is 124 Å². The first-order valence-corrected chi connectivity index (χ1v) is 7.43. The van der Waals surface area contributed by atoms with Crippen molar-refractivity contribution in [2.75, 3.05) is 13.2 Å². The van der Waals surface area contributed by atoms with Gasteiger partial charge in [-0.05, 0) is 39.5 Å². The van der Waals surface area contributed by atoms with Gasteiger partial charge in [0.05, 0.1) is 11.3 Å². The van der Waals surface area contributed by atoms with Gasteiger partial charge in [0.25, 0.3) is 11.7 Å². The van der Waals surface area contributed by atoms with E-state index in [0.29, 0.717) is 29.9 Å². The van der Waals surface area contributed by atoms with Crippen LogP contribution in [0.4, 0.5) is 0 Å². The fourth-order valence-electron chi connectivity index (χ4n) is 3.06. The maximum atomic E-state index is 12.6. The van der Waals surface area contributed by atoms with E-state index < -0.39 is 11.7 Å². The van der Waals surface area contributed by atoms with Crippen LogP contribution in [0.3, 0.4) is 0 Å². The van der Waals surface area contributed by atoms with Crippen LogP contribution in [-0.4, -0.2) is 50.7 Å². The lowest BCUT2D eigenvalue weighted by Crippen LogP contribution is -2.47. The number of rotatable bonds is 4. The zero-order valence-corrected chi connectivity index (χ0v) is 12.9. The molecular formula is C15H23N3O3. The Kier molecular flexibility index (Phi) is 4.77. The van der Waals surface area contributed by atoms with E-state index in [1.165, 1.54) is 0 Å². The van der Waals surface area contributed by atoms with Gasteiger partial charge in [0.15, 0.2) is 0 Å². The molecule has 0 bridgehead atoms. The number of hydrogen-bond donors (Lipinski definition) is 1. The van der Waals surface area contributed by atoms with Crippen molar-refractivity contribution in [3.8, 4) is 0 Å². The monoisotopic (exact) mass is 293 g/mol. The molecule has 0 radical (unpaired) electrons. The number of nitrogens with zero attached hydrogens (tertiary/aromatic N) is 3. The summed E-state index contributed by atoms with van der Waals surface area (Å²) >= 11 is 0. The lowest BCUT2D eigenvalue weighted by atomic mass is 9.98. The van der Waals surface area contributed by atoms with E-state index in [2.05, 4.69) is 5.10 Å². The van der Waals surface area contributed by atoms with Gasteiger partial charge in [-0.3, -0.25) is 14.3 Å². The van der Waals surface area contributed by atoms with Crippen molar-refractivity contribution in [2.45, 2.75) is 45.6 Å². The molecule has 1 saturated heterocycles. The summed E-state index contributed by atoms with van der Waals surface area (Å²) in [5, 5.41) is 13.3. The summed E-state index contributed by atoms with van der Waals surface area (Å²) in [4.78, 5) is 26.7. The summed E-state index contributed by atoms with van der Waals surface area (Å²) in [5.74, 6) is -0.949. The summed E-state index contributed by atoms with van der Waals surface area (Å²) in [6.45, 7) is 4.16. The number of aliphatic hydroxyl groups is 1. The molecular weight excluding hydrogens is 270 g/mol. The maximum absolute atomic E-state index is 12.6. The molecule has 1 amide bonds. The Hall–Kier alpha value is -1.69. The minimum Gasteiger partial charge on any atom is -0.396 e. The number of amides is 1. The fourth-order valence-corrected chi connectivity index (χ4v) is 3.06. The van der Waals surface area contributed by atoms with Crippen LogP contribution >= 0.6 is 0 Å². The van der Waals surface area contributed by atoms with Gasteiger partial charge >= 0.3 is 0 Å². The second-order valence-corrected chi connectivity index (χ2v) is 5.66. The lowest BCUT2D eigenvalue weighted by molar-refractivity contribution is -0.130. The first-order valence-electron chi connectivity index (χ1n) is 7.43. The normalized spacial score (nSPS) is 18.9. The zero-order valence-electron chi connectivity index (χ0n) is 12.9. The number of carbonyl (C=O) groups is 2. The third kappa shape index (κ3) is 3.00. The predicted molar refractivity (Wildman–Crippen MR) is 78.1 cm³/mol. The van der Waals surface area contributed by atoms with Crippen molar-refractivity contribution in [3.63, 3.8) is 0 Å². The molecule has 2 heterocycles. The SMILES string of the molecule is Cc1nn(C)c(C)c1C(=O)C(=O)N1CCCCC1CCO. The summed E-state index contributed by atoms with van der Waals surface area (Å²) < 4.78 is 1.62. The summed E-state index contributed by atoms with van der Waals surface area (Å²) in [6.07, 6.45) is 3.33. The van der Waals surface area contributed by atoms with Crippen LogP contribution < -0.4 is 0 Å². The van der Waals surface area contributed by atoms with E-state index in [4.69, 9.17) is 5.11 Å². The average molecular weight is 293 g/mol. The highest BCUT2D eigenvalue weighted by Crippen LogP contribution is 2.22. The van der Waals surface area contributed by atoms with Crippen molar-refractivity contribution in [3.05, 3.63) is 17.0 Å². The quantitative estimate of drug-likeness (QED) is 0.663. The van der Waals surface area contributed by atoms with Gasteiger partial charge < -0.3 is 10.0 Å². The number of hydrogen-bond acceptors (Lipinski definition) is 4. The Morgan fingerprint density at radius 1 is 1.33 bits per heavy atom. The Balaban J connectivity index is 2.23. The Morgan fingerprint density at radius 2 is 2.05 bits per heavy atom. The highest BCUT2D eigenvalue weighted by molar-refractivity contribution is 6.43. The van der Waals surface area contributed by atoms with Crippen LogP contribution in [-0.2, 0) is 11.8 Å². The second kappa shape index (κ2) is 6.39. The van der Waals surface area contributed by atoms with Crippen molar-refractivity contribution in [1.29, 1.82) is 0 Å². The van der Waals surface area contributed by atoms with Crippen molar-refractivity contribution in [1.82, 2.24) is 14.7 Å². The molecule has 1 atom stereocenters. The highest BCUT2D eigenvalue weighted by atomic mass is 16.3. The molecule has 1 unspecified atom stereocenters. The third-order valence-corrected chi connectivity index (χ3v) is 4.28. The van der Waals surface area contributed by atoms with Gasteiger partial charge in [-0.1, -0.05) is 0 Å². The largest absolute Gasteiger partial charge is 0.396 e. The summed E-state index contributed by atoms with van der Waals surface area (Å²) in [6, 6.07) is -0.0301. The molecule has 6 heteroatoms. The van der Waals surface area contributed by atoms with E-state index in [-0.39, 0.29) is 12.6 Å². The van der Waals surface area contributed by atoms with E-state index in [1.807, 2.05) is 0 Å². The van der Waals surface area contributed by atoms with Gasteiger partial charge in [-0.15, -0.1) is 0 Å². The standard InChI is InChI=1S/C15H23N3O3/c1-10-13(11(2)17(3)16-10)14(20)15(21)18-8-5-4-6-12(18)7-9-19/h12,19H,4-9H2,1-3H3. The van der Waals surface area contributed by atoms with E-state index in [0.717, 1.165) is 19.3 Å². The van der Waals surface area contributed by atoms with Crippen LogP contribution in [0.25, 0.3) is 0 Å². The zero-order chi connectivity index (χ0) is 15.6. The molecule has 1 fully saturated rings. The lowest BCUT2D eigenvalue weighted by Gasteiger charge is -2.35. The van der Waals surface area contributed by atoms with Gasteiger partial charge in [-0.2, -0.15) is 5.10 Å². The molecule has 1 N–H and O–H groups in total. The van der Waals surface area contributed by atoms with Gasteiger partial charge in [0.2, 0.25) is 0 Å². The Bertz CT molecular complexity index is 549. The van der Waals surface area contributed by atoms with Crippen LogP contribution in [0, 0.1) is 13.8 Å². The molecule has 21 heavy (non-hydrogen) atoms. The molecule has 6 nitrogen and oxygen atoms in total. The summed E-state index contributed by atoms with van der Waals surface area (Å²) in [7, 11) is 1.76. The molecule has 1 aliphatic rings. The van der Waals surface area contributed by atoms with Gasteiger partial charge in [-0.25, -0.2) is 0 Å². The van der Waals surface area contributed by atoms with E-state index >= 15 is 0 Å². The molecule has 1 aromatic rings. The van der Waals surface area contributed by atoms with Crippen molar-refractivity contribution < 1.29 is 14.7 Å². The minimum atomic E-state index is -0.483. The molecule has 2 rings (SSSR count). The molecule has 1 aliphatic heterocycles. The molecule has 0 spiro atoms. The first kappa shape index (κ1) is 15.7. The number of ketones is 1. The smallest absolute Gasteiger partial charge is 0.295 e. The second-order valence-electron chi connectivity index (χ2n) is 5.66. The number of carbonyl (C=O) groups excluding carboxylic acids is 2. The Morgan fingerprint density at radius 3 is 2.62 bits per heavy atom. The van der Waals surface area contributed by atoms with Crippen LogP contribution in [0.5, 0.6) is 0 Å². The topological polar surface area (TPSA) is 75.4 Å². The first-order chi connectivity index (χ1) is 9.97. The van der Waals surface area contributed by atoms with Crippen LogP contribution in [0.1, 0.15) is 47.4 Å². The van der Waals surface area contributed by atoms with Gasteiger partial charge in [0, 0.05) is 31.9 Å². The van der Waals surface area contributed by atoms with Crippen molar-refractivity contribution in [2.24, 2.45) is 7.05 Å². The molecule has 0 saturated carbocycles. The predicted octanol–water partition coefficient (Wildman–Crippen LogP) is 0.983. The number of aromatic nitrogens is 2. The van der Waals surface area contributed by atoms with Crippen molar-refractivity contribution >= 4 is 11.7 Å². The molecule has 0 aromatic carbocycles. The molecule has 1 aromatic heterocycles. The maximum Gasteiger partial charge on any atom is 0.295 e. The number of Topliss-reactive ketones (excluding diaryl/α,β-unsaturated/α-hetero) is 1. The average Bonchev–Trinajstić information content (AvgIpc) is 2.72.